The number of rotatable bonds is 6. The summed E-state index contributed by atoms with van der Waals surface area (Å²) in [4.78, 5) is 21.3. The Bertz CT molecular complexity index is 684. The lowest BCUT2D eigenvalue weighted by Crippen LogP contribution is -2.53. The third-order valence-corrected chi connectivity index (χ3v) is 5.22. The number of carbonyl (C=O) groups is 1. The van der Waals surface area contributed by atoms with Gasteiger partial charge in [0.05, 0.1) is 18.8 Å². The van der Waals surface area contributed by atoms with Crippen molar-refractivity contribution in [2.24, 2.45) is 0 Å². The maximum atomic E-state index is 12.6. The van der Waals surface area contributed by atoms with Crippen molar-refractivity contribution in [3.63, 3.8) is 0 Å². The van der Waals surface area contributed by atoms with Crippen LogP contribution in [0.4, 0.5) is 10.8 Å². The first-order valence-corrected chi connectivity index (χ1v) is 9.43. The summed E-state index contributed by atoms with van der Waals surface area (Å²) in [5.41, 5.74) is 1.12. The fraction of sp³-hybridized carbons (Fsp3) is 0.444. The number of hydrogen-bond donors (Lipinski definition) is 1. The van der Waals surface area contributed by atoms with E-state index in [2.05, 4.69) is 33.1 Å². The highest BCUT2D eigenvalue weighted by molar-refractivity contribution is 7.13. The summed E-state index contributed by atoms with van der Waals surface area (Å²) in [6, 6.07) is 7.96. The Morgan fingerprint density at radius 2 is 2.08 bits per heavy atom. The minimum Gasteiger partial charge on any atom is -0.495 e. The molecule has 0 saturated carbocycles. The van der Waals surface area contributed by atoms with Crippen LogP contribution < -0.4 is 15.0 Å². The molecular weight excluding hydrogens is 336 g/mol. The fourth-order valence-corrected chi connectivity index (χ4v) is 3.78. The van der Waals surface area contributed by atoms with Gasteiger partial charge in [0.15, 0.2) is 5.13 Å². The van der Waals surface area contributed by atoms with Gasteiger partial charge in [-0.3, -0.25) is 9.69 Å². The van der Waals surface area contributed by atoms with Gasteiger partial charge in [-0.05, 0) is 18.6 Å². The molecule has 0 unspecified atom stereocenters. The first-order chi connectivity index (χ1) is 12.2. The summed E-state index contributed by atoms with van der Waals surface area (Å²) in [5, 5.41) is 5.45. The predicted octanol–water partition coefficient (Wildman–Crippen LogP) is 2.69. The summed E-state index contributed by atoms with van der Waals surface area (Å²) in [5.74, 6) is 0.924. The summed E-state index contributed by atoms with van der Waals surface area (Å²) in [6.07, 6.45) is 2.49. The van der Waals surface area contributed by atoms with Crippen LogP contribution in [-0.4, -0.2) is 55.1 Å². The van der Waals surface area contributed by atoms with E-state index < -0.39 is 0 Å². The Balaban J connectivity index is 1.61. The predicted molar refractivity (Wildman–Crippen MR) is 102 cm³/mol. The number of benzene rings is 1. The molecule has 134 valence electrons. The number of para-hydroxylation sites is 2. The average Bonchev–Trinajstić information content (AvgIpc) is 3.16. The molecule has 0 bridgehead atoms. The van der Waals surface area contributed by atoms with Gasteiger partial charge in [0, 0.05) is 37.8 Å². The first-order valence-electron chi connectivity index (χ1n) is 8.55. The van der Waals surface area contributed by atoms with Crippen LogP contribution in [0.3, 0.4) is 0 Å². The van der Waals surface area contributed by atoms with Crippen LogP contribution in [0.5, 0.6) is 5.75 Å². The maximum absolute atomic E-state index is 12.6. The molecule has 1 aromatic heterocycles. The van der Waals surface area contributed by atoms with E-state index in [0.29, 0.717) is 5.13 Å². The third-order valence-electron chi connectivity index (χ3n) is 4.53. The van der Waals surface area contributed by atoms with Gasteiger partial charge < -0.3 is 15.0 Å². The van der Waals surface area contributed by atoms with E-state index in [1.807, 2.05) is 23.6 Å². The molecule has 1 aliphatic rings. The number of methoxy groups -OCH3 is 1. The molecule has 3 rings (SSSR count). The van der Waals surface area contributed by atoms with Gasteiger partial charge in [0.25, 0.3) is 0 Å². The number of aromatic nitrogens is 1. The number of carbonyl (C=O) groups excluding carboxylic acids is 1. The molecule has 1 amide bonds. The van der Waals surface area contributed by atoms with E-state index in [1.165, 1.54) is 11.3 Å². The van der Waals surface area contributed by atoms with Crippen LogP contribution in [0, 0.1) is 0 Å². The molecule has 2 heterocycles. The van der Waals surface area contributed by atoms with Gasteiger partial charge in [0.1, 0.15) is 5.75 Å². The Labute approximate surface area is 152 Å². The zero-order chi connectivity index (χ0) is 17.6. The lowest BCUT2D eigenvalue weighted by atomic mass is 10.1. The molecule has 1 atom stereocenters. The van der Waals surface area contributed by atoms with Crippen LogP contribution in [0.2, 0.25) is 0 Å². The van der Waals surface area contributed by atoms with Crippen molar-refractivity contribution >= 4 is 28.1 Å². The normalized spacial score (nSPS) is 16.5. The molecular formula is C18H24N4O2S. The molecule has 0 radical (unpaired) electrons. The fourth-order valence-electron chi connectivity index (χ4n) is 3.25. The number of ether oxygens (including phenoxy) is 1. The van der Waals surface area contributed by atoms with Gasteiger partial charge in [-0.2, -0.15) is 0 Å². The van der Waals surface area contributed by atoms with E-state index in [1.54, 1.807) is 13.3 Å². The number of thiazole rings is 1. The van der Waals surface area contributed by atoms with Crippen LogP contribution in [0.1, 0.15) is 13.3 Å². The molecule has 0 spiro atoms. The smallest absolute Gasteiger partial charge is 0.243 e. The molecule has 1 aromatic carbocycles. The molecule has 1 aliphatic heterocycles. The third kappa shape index (κ3) is 4.11. The molecule has 0 aliphatic carbocycles. The molecule has 1 saturated heterocycles. The van der Waals surface area contributed by atoms with E-state index in [0.717, 1.165) is 44.0 Å². The molecule has 7 heteroatoms. The van der Waals surface area contributed by atoms with Crippen LogP contribution >= 0.6 is 11.3 Å². The SMILES string of the molecule is CC[C@H](C(=O)Nc1nccs1)N1CCN(c2ccccc2OC)CC1. The van der Waals surface area contributed by atoms with Crippen LogP contribution in [0.25, 0.3) is 0 Å². The number of nitrogens with one attached hydrogen (secondary N) is 1. The molecule has 6 nitrogen and oxygen atoms in total. The van der Waals surface area contributed by atoms with Crippen molar-refractivity contribution in [1.29, 1.82) is 0 Å². The number of nitrogens with zero attached hydrogens (tertiary/aromatic N) is 3. The number of amides is 1. The molecule has 1 N–H and O–H groups in total. The second kappa shape index (κ2) is 8.31. The minimum absolute atomic E-state index is 0.0307. The zero-order valence-corrected chi connectivity index (χ0v) is 15.5. The maximum Gasteiger partial charge on any atom is 0.243 e. The monoisotopic (exact) mass is 360 g/mol. The van der Waals surface area contributed by atoms with E-state index >= 15 is 0 Å². The number of anilines is 2. The topological polar surface area (TPSA) is 57.7 Å². The highest BCUT2D eigenvalue weighted by Gasteiger charge is 2.28. The zero-order valence-electron chi connectivity index (χ0n) is 14.6. The summed E-state index contributed by atoms with van der Waals surface area (Å²) >= 11 is 1.44. The average molecular weight is 360 g/mol. The van der Waals surface area contributed by atoms with Crippen molar-refractivity contribution in [3.05, 3.63) is 35.8 Å². The van der Waals surface area contributed by atoms with E-state index in [9.17, 15) is 4.79 Å². The van der Waals surface area contributed by atoms with Crippen LogP contribution in [-0.2, 0) is 4.79 Å². The Kier molecular flexibility index (Phi) is 5.88. The second-order valence-corrected chi connectivity index (χ2v) is 6.84. The second-order valence-electron chi connectivity index (χ2n) is 5.95. The van der Waals surface area contributed by atoms with E-state index in [-0.39, 0.29) is 11.9 Å². The highest BCUT2D eigenvalue weighted by atomic mass is 32.1. The lowest BCUT2D eigenvalue weighted by molar-refractivity contribution is -0.121. The van der Waals surface area contributed by atoms with Crippen molar-refractivity contribution in [1.82, 2.24) is 9.88 Å². The molecule has 2 aromatic rings. The lowest BCUT2D eigenvalue weighted by Gasteiger charge is -2.39. The van der Waals surface area contributed by atoms with Gasteiger partial charge in [0.2, 0.25) is 5.91 Å². The largest absolute Gasteiger partial charge is 0.495 e. The van der Waals surface area contributed by atoms with Crippen molar-refractivity contribution in [3.8, 4) is 5.75 Å². The first kappa shape index (κ1) is 17.7. The van der Waals surface area contributed by atoms with Gasteiger partial charge >= 0.3 is 0 Å². The Morgan fingerprint density at radius 1 is 1.32 bits per heavy atom. The van der Waals surface area contributed by atoms with Crippen molar-refractivity contribution < 1.29 is 9.53 Å². The standard InChI is InChI=1S/C18H24N4O2S/c1-3-14(17(23)20-18-19-8-13-25-18)21-9-11-22(12-10-21)15-6-4-5-7-16(15)24-2/h4-8,13-14H,3,9-12H2,1-2H3,(H,19,20,23)/t14-/m1/s1. The van der Waals surface area contributed by atoms with Gasteiger partial charge in [-0.15, -0.1) is 11.3 Å². The van der Waals surface area contributed by atoms with Crippen molar-refractivity contribution in [2.45, 2.75) is 19.4 Å². The van der Waals surface area contributed by atoms with Gasteiger partial charge in [-0.1, -0.05) is 19.1 Å². The molecule has 1 fully saturated rings. The van der Waals surface area contributed by atoms with Crippen molar-refractivity contribution in [2.75, 3.05) is 43.5 Å². The number of piperazine rings is 1. The van der Waals surface area contributed by atoms with Crippen LogP contribution in [0.15, 0.2) is 35.8 Å². The highest BCUT2D eigenvalue weighted by Crippen LogP contribution is 2.28. The van der Waals surface area contributed by atoms with E-state index in [4.69, 9.17) is 4.74 Å². The molecule has 25 heavy (non-hydrogen) atoms. The summed E-state index contributed by atoms with van der Waals surface area (Å²) < 4.78 is 5.47. The Morgan fingerprint density at radius 3 is 2.72 bits per heavy atom. The number of hydrogen-bond acceptors (Lipinski definition) is 6. The quantitative estimate of drug-likeness (QED) is 0.858. The minimum atomic E-state index is -0.122. The summed E-state index contributed by atoms with van der Waals surface area (Å²) in [7, 11) is 1.70. The van der Waals surface area contributed by atoms with Gasteiger partial charge in [-0.25, -0.2) is 4.98 Å². The Hall–Kier alpha value is -2.12. The summed E-state index contributed by atoms with van der Waals surface area (Å²) in [6.45, 7) is 5.51.